The van der Waals surface area contributed by atoms with Gasteiger partial charge in [0, 0.05) is 63.1 Å². The third-order valence-corrected chi connectivity index (χ3v) is 6.21. The highest BCUT2D eigenvalue weighted by atomic mass is 127. The van der Waals surface area contributed by atoms with E-state index in [1.807, 2.05) is 19.2 Å². The fraction of sp³-hybridized carbons (Fsp3) is 0.571. The number of benzene rings is 1. The molecule has 0 saturated carbocycles. The number of anilines is 1. The van der Waals surface area contributed by atoms with Gasteiger partial charge in [-0.2, -0.15) is 4.37 Å². The lowest BCUT2D eigenvalue weighted by Crippen LogP contribution is -2.54. The molecule has 2 heterocycles. The standard InChI is InChI=1S/C21H32N6OS.HI/c1-6-18-24-20(29-25-18)27-13-11-26(12-14-27)19(22-4)23-15-21(2,3)16-7-9-17(28-5)10-8-16;/h7-10H,6,11-15H2,1-5H3,(H,22,23);1H. The van der Waals surface area contributed by atoms with Gasteiger partial charge in [0.1, 0.15) is 11.6 Å². The van der Waals surface area contributed by atoms with Gasteiger partial charge in [-0.05, 0) is 17.7 Å². The van der Waals surface area contributed by atoms with Crippen LogP contribution in [0, 0.1) is 0 Å². The van der Waals surface area contributed by atoms with E-state index in [1.54, 1.807) is 7.11 Å². The molecule has 0 bridgehead atoms. The highest BCUT2D eigenvalue weighted by molar-refractivity contribution is 14.0. The summed E-state index contributed by atoms with van der Waals surface area (Å²) in [5.41, 5.74) is 1.25. The molecule has 166 valence electrons. The van der Waals surface area contributed by atoms with Crippen LogP contribution in [0.1, 0.15) is 32.2 Å². The minimum absolute atomic E-state index is 0. The molecule has 1 N–H and O–H groups in total. The van der Waals surface area contributed by atoms with Crippen LogP contribution in [0.3, 0.4) is 0 Å². The predicted molar refractivity (Wildman–Crippen MR) is 136 cm³/mol. The van der Waals surface area contributed by atoms with Crippen LogP contribution in [0.25, 0.3) is 0 Å². The molecule has 1 saturated heterocycles. The second-order valence-corrected chi connectivity index (χ2v) is 8.56. The summed E-state index contributed by atoms with van der Waals surface area (Å²) in [5.74, 6) is 2.77. The molecule has 9 heteroatoms. The number of halogens is 1. The molecule has 7 nitrogen and oxygen atoms in total. The molecule has 30 heavy (non-hydrogen) atoms. The number of aromatic nitrogens is 2. The third kappa shape index (κ3) is 5.96. The minimum atomic E-state index is -0.0207. The minimum Gasteiger partial charge on any atom is -0.497 e. The van der Waals surface area contributed by atoms with Gasteiger partial charge in [-0.3, -0.25) is 4.99 Å². The molecule has 1 aromatic carbocycles. The second-order valence-electron chi connectivity index (χ2n) is 7.83. The first-order valence-corrected chi connectivity index (χ1v) is 10.9. The van der Waals surface area contributed by atoms with Crippen molar-refractivity contribution in [1.29, 1.82) is 0 Å². The fourth-order valence-electron chi connectivity index (χ4n) is 3.40. The molecule has 3 rings (SSSR count). The molecule has 0 unspecified atom stereocenters. The van der Waals surface area contributed by atoms with E-state index in [0.717, 1.165) is 61.8 Å². The Bertz CT molecular complexity index is 815. The third-order valence-electron chi connectivity index (χ3n) is 5.40. The zero-order valence-corrected chi connectivity index (χ0v) is 21.7. The van der Waals surface area contributed by atoms with Crippen molar-refractivity contribution in [2.24, 2.45) is 4.99 Å². The van der Waals surface area contributed by atoms with Crippen molar-refractivity contribution in [2.75, 3.05) is 51.8 Å². The maximum absolute atomic E-state index is 5.27. The summed E-state index contributed by atoms with van der Waals surface area (Å²) in [6.45, 7) is 11.1. The van der Waals surface area contributed by atoms with Crippen LogP contribution in [0.15, 0.2) is 29.3 Å². The van der Waals surface area contributed by atoms with Crippen molar-refractivity contribution >= 4 is 46.6 Å². The summed E-state index contributed by atoms with van der Waals surface area (Å²) in [4.78, 5) is 13.8. The number of aryl methyl sites for hydroxylation is 1. The monoisotopic (exact) mass is 544 g/mol. The van der Waals surface area contributed by atoms with E-state index >= 15 is 0 Å². The van der Waals surface area contributed by atoms with Gasteiger partial charge in [0.2, 0.25) is 5.13 Å². The molecule has 0 amide bonds. The lowest BCUT2D eigenvalue weighted by atomic mass is 9.84. The molecule has 0 aliphatic carbocycles. The van der Waals surface area contributed by atoms with Crippen LogP contribution in [-0.2, 0) is 11.8 Å². The van der Waals surface area contributed by atoms with Crippen LogP contribution in [0.4, 0.5) is 5.13 Å². The van der Waals surface area contributed by atoms with Crippen molar-refractivity contribution in [2.45, 2.75) is 32.6 Å². The molecule has 0 atom stereocenters. The van der Waals surface area contributed by atoms with E-state index in [-0.39, 0.29) is 29.4 Å². The van der Waals surface area contributed by atoms with Crippen LogP contribution in [0.2, 0.25) is 0 Å². The number of nitrogens with zero attached hydrogens (tertiary/aromatic N) is 5. The number of guanidine groups is 1. The first-order valence-electron chi connectivity index (χ1n) is 10.1. The number of aliphatic imine (C=N–C) groups is 1. The van der Waals surface area contributed by atoms with Gasteiger partial charge in [-0.1, -0.05) is 32.9 Å². The molecule has 1 aliphatic rings. The summed E-state index contributed by atoms with van der Waals surface area (Å²) in [6, 6.07) is 8.30. The number of methoxy groups -OCH3 is 1. The van der Waals surface area contributed by atoms with E-state index < -0.39 is 0 Å². The summed E-state index contributed by atoms with van der Waals surface area (Å²) in [7, 11) is 3.55. The predicted octanol–water partition coefficient (Wildman–Crippen LogP) is 3.40. The SMILES string of the molecule is CCc1nsc(N2CCN(C(=NC)NCC(C)(C)c3ccc(OC)cc3)CC2)n1.I. The lowest BCUT2D eigenvalue weighted by Gasteiger charge is -2.37. The van der Waals surface area contributed by atoms with E-state index in [2.05, 4.69) is 62.4 Å². The molecular weight excluding hydrogens is 511 g/mol. The Morgan fingerprint density at radius 3 is 2.40 bits per heavy atom. The number of ether oxygens (including phenoxy) is 1. The van der Waals surface area contributed by atoms with Gasteiger partial charge >= 0.3 is 0 Å². The van der Waals surface area contributed by atoms with Gasteiger partial charge in [-0.25, -0.2) is 4.98 Å². The summed E-state index contributed by atoms with van der Waals surface area (Å²) < 4.78 is 9.68. The molecular formula is C21H33IN6OS. The van der Waals surface area contributed by atoms with Gasteiger partial charge in [-0.15, -0.1) is 24.0 Å². The average molecular weight is 545 g/mol. The number of hydrogen-bond acceptors (Lipinski definition) is 6. The maximum Gasteiger partial charge on any atom is 0.205 e. The lowest BCUT2D eigenvalue weighted by molar-refractivity contribution is 0.366. The Morgan fingerprint density at radius 2 is 1.87 bits per heavy atom. The van der Waals surface area contributed by atoms with E-state index in [0.29, 0.717) is 0 Å². The summed E-state index contributed by atoms with van der Waals surface area (Å²) in [6.07, 6.45) is 0.886. The number of piperazine rings is 1. The van der Waals surface area contributed by atoms with E-state index in [4.69, 9.17) is 4.74 Å². The van der Waals surface area contributed by atoms with Crippen LogP contribution in [-0.4, -0.2) is 67.1 Å². The highest BCUT2D eigenvalue weighted by Gasteiger charge is 2.25. The van der Waals surface area contributed by atoms with E-state index in [1.165, 1.54) is 17.1 Å². The van der Waals surface area contributed by atoms with E-state index in [9.17, 15) is 0 Å². The van der Waals surface area contributed by atoms with Crippen molar-refractivity contribution in [1.82, 2.24) is 19.6 Å². The topological polar surface area (TPSA) is 65.9 Å². The Kier molecular flexibility index (Phi) is 9.14. The Balaban J connectivity index is 0.00000320. The number of hydrogen-bond donors (Lipinski definition) is 1. The van der Waals surface area contributed by atoms with Crippen LogP contribution in [0.5, 0.6) is 5.75 Å². The maximum atomic E-state index is 5.27. The highest BCUT2D eigenvalue weighted by Crippen LogP contribution is 2.25. The normalized spacial score (nSPS) is 15.0. The molecule has 1 aromatic heterocycles. The van der Waals surface area contributed by atoms with Crippen LogP contribution < -0.4 is 15.0 Å². The zero-order valence-electron chi connectivity index (χ0n) is 18.5. The van der Waals surface area contributed by atoms with Crippen molar-refractivity contribution in [3.8, 4) is 5.75 Å². The van der Waals surface area contributed by atoms with Crippen molar-refractivity contribution in [3.05, 3.63) is 35.7 Å². The molecule has 0 radical (unpaired) electrons. The average Bonchev–Trinajstić information content (AvgIpc) is 3.24. The second kappa shape index (κ2) is 11.1. The smallest absolute Gasteiger partial charge is 0.205 e. The Morgan fingerprint density at radius 1 is 1.20 bits per heavy atom. The largest absolute Gasteiger partial charge is 0.497 e. The fourth-order valence-corrected chi connectivity index (χ4v) is 4.20. The van der Waals surface area contributed by atoms with Crippen molar-refractivity contribution < 1.29 is 4.74 Å². The Hall–Kier alpha value is -1.62. The molecule has 1 fully saturated rings. The number of rotatable bonds is 6. The van der Waals surface area contributed by atoms with Crippen molar-refractivity contribution in [3.63, 3.8) is 0 Å². The first kappa shape index (κ1) is 24.6. The first-order chi connectivity index (χ1) is 14.0. The Labute approximate surface area is 201 Å². The van der Waals surface area contributed by atoms with Gasteiger partial charge in [0.05, 0.1) is 7.11 Å². The molecule has 2 aromatic rings. The van der Waals surface area contributed by atoms with Gasteiger partial charge in [0.25, 0.3) is 0 Å². The quantitative estimate of drug-likeness (QED) is 0.342. The summed E-state index contributed by atoms with van der Waals surface area (Å²) in [5, 5.41) is 4.61. The number of nitrogens with one attached hydrogen (secondary N) is 1. The molecule has 1 aliphatic heterocycles. The van der Waals surface area contributed by atoms with Gasteiger partial charge in [0.15, 0.2) is 5.96 Å². The molecule has 0 spiro atoms. The van der Waals surface area contributed by atoms with Crippen LogP contribution >= 0.6 is 35.5 Å². The van der Waals surface area contributed by atoms with Gasteiger partial charge < -0.3 is 19.9 Å². The summed E-state index contributed by atoms with van der Waals surface area (Å²) >= 11 is 1.50. The zero-order chi connectivity index (χ0) is 20.9.